The van der Waals surface area contributed by atoms with Crippen LogP contribution in [0.15, 0.2) is 30.3 Å². The molecule has 1 aromatic carbocycles. The molecule has 0 fully saturated rings. The van der Waals surface area contributed by atoms with Crippen LogP contribution in [0.4, 0.5) is 5.69 Å². The van der Waals surface area contributed by atoms with Crippen LogP contribution in [0.3, 0.4) is 0 Å². The van der Waals surface area contributed by atoms with Crippen molar-refractivity contribution in [2.45, 2.75) is 39.5 Å². The Kier molecular flexibility index (Phi) is 5.91. The second-order valence-electron chi connectivity index (χ2n) is 3.98. The first-order chi connectivity index (χ1) is 7.38. The maximum absolute atomic E-state index is 2.45. The van der Waals surface area contributed by atoms with Crippen molar-refractivity contribution in [3.05, 3.63) is 30.3 Å². The van der Waals surface area contributed by atoms with E-state index >= 15 is 0 Å². The molecular formula is C14H23N. The molecule has 15 heavy (non-hydrogen) atoms. The molecule has 0 radical (unpaired) electrons. The zero-order chi connectivity index (χ0) is 10.9. The fourth-order valence-electron chi connectivity index (χ4n) is 1.84. The third-order valence-corrected chi connectivity index (χ3v) is 2.78. The van der Waals surface area contributed by atoms with E-state index in [4.69, 9.17) is 0 Å². The molecule has 1 heteroatoms. The minimum absolute atomic E-state index is 1.11. The SMILES string of the molecule is CCCCCCN(CC)c1ccccc1. The van der Waals surface area contributed by atoms with E-state index in [1.807, 2.05) is 0 Å². The summed E-state index contributed by atoms with van der Waals surface area (Å²) in [6.07, 6.45) is 5.36. The van der Waals surface area contributed by atoms with Crippen LogP contribution in [0.2, 0.25) is 0 Å². The number of hydrogen-bond donors (Lipinski definition) is 0. The standard InChI is InChI=1S/C14H23N/c1-3-5-6-10-13-15(4-2)14-11-8-7-9-12-14/h7-9,11-12H,3-6,10,13H2,1-2H3. The quantitative estimate of drug-likeness (QED) is 0.606. The van der Waals surface area contributed by atoms with Crippen molar-refractivity contribution in [1.82, 2.24) is 0 Å². The third-order valence-electron chi connectivity index (χ3n) is 2.78. The first-order valence-corrected chi connectivity index (χ1v) is 6.18. The van der Waals surface area contributed by atoms with Gasteiger partial charge in [0, 0.05) is 18.8 Å². The summed E-state index contributed by atoms with van der Waals surface area (Å²) in [4.78, 5) is 2.45. The first kappa shape index (κ1) is 12.1. The molecule has 0 N–H and O–H groups in total. The number of anilines is 1. The van der Waals surface area contributed by atoms with Crippen LogP contribution in [0, 0.1) is 0 Å². The van der Waals surface area contributed by atoms with Crippen molar-refractivity contribution < 1.29 is 0 Å². The number of nitrogens with zero attached hydrogens (tertiary/aromatic N) is 1. The zero-order valence-corrected chi connectivity index (χ0v) is 10.1. The monoisotopic (exact) mass is 205 g/mol. The normalized spacial score (nSPS) is 10.3. The molecule has 0 bridgehead atoms. The fourth-order valence-corrected chi connectivity index (χ4v) is 1.84. The molecular weight excluding hydrogens is 182 g/mol. The molecule has 0 saturated heterocycles. The van der Waals surface area contributed by atoms with Crippen LogP contribution >= 0.6 is 0 Å². The molecule has 1 nitrogen and oxygen atoms in total. The number of rotatable bonds is 7. The van der Waals surface area contributed by atoms with Gasteiger partial charge < -0.3 is 4.90 Å². The van der Waals surface area contributed by atoms with Gasteiger partial charge in [0.2, 0.25) is 0 Å². The number of benzene rings is 1. The van der Waals surface area contributed by atoms with E-state index in [2.05, 4.69) is 49.1 Å². The van der Waals surface area contributed by atoms with E-state index in [0.29, 0.717) is 0 Å². The summed E-state index contributed by atoms with van der Waals surface area (Å²) in [7, 11) is 0. The number of hydrogen-bond acceptors (Lipinski definition) is 1. The maximum Gasteiger partial charge on any atom is 0.0366 e. The molecule has 0 aromatic heterocycles. The molecule has 0 atom stereocenters. The van der Waals surface area contributed by atoms with Gasteiger partial charge in [0.15, 0.2) is 0 Å². The molecule has 84 valence electrons. The minimum atomic E-state index is 1.11. The molecule has 1 rings (SSSR count). The van der Waals surface area contributed by atoms with Gasteiger partial charge in [-0.15, -0.1) is 0 Å². The highest BCUT2D eigenvalue weighted by atomic mass is 15.1. The third kappa shape index (κ3) is 4.37. The number of unbranched alkanes of at least 4 members (excludes halogenated alkanes) is 3. The van der Waals surface area contributed by atoms with Crippen molar-refractivity contribution in [3.63, 3.8) is 0 Å². The topological polar surface area (TPSA) is 3.24 Å². The Hall–Kier alpha value is -0.980. The van der Waals surface area contributed by atoms with Crippen LogP contribution in [0.5, 0.6) is 0 Å². The lowest BCUT2D eigenvalue weighted by atomic mass is 10.2. The molecule has 0 spiro atoms. The summed E-state index contributed by atoms with van der Waals surface area (Å²) in [5.74, 6) is 0. The van der Waals surface area contributed by atoms with Gasteiger partial charge in [0.25, 0.3) is 0 Å². The molecule has 0 aliphatic carbocycles. The lowest BCUT2D eigenvalue weighted by Crippen LogP contribution is -2.23. The van der Waals surface area contributed by atoms with Crippen LogP contribution in [0.1, 0.15) is 39.5 Å². The Morgan fingerprint density at radius 2 is 1.67 bits per heavy atom. The van der Waals surface area contributed by atoms with Crippen LogP contribution < -0.4 is 4.90 Å². The van der Waals surface area contributed by atoms with Gasteiger partial charge in [-0.2, -0.15) is 0 Å². The highest BCUT2D eigenvalue weighted by molar-refractivity contribution is 5.45. The van der Waals surface area contributed by atoms with E-state index in [-0.39, 0.29) is 0 Å². The Bertz CT molecular complexity index is 243. The van der Waals surface area contributed by atoms with Gasteiger partial charge in [0.1, 0.15) is 0 Å². The second-order valence-corrected chi connectivity index (χ2v) is 3.98. The molecule has 0 aliphatic rings. The second kappa shape index (κ2) is 7.33. The smallest absolute Gasteiger partial charge is 0.0366 e. The first-order valence-electron chi connectivity index (χ1n) is 6.18. The average molecular weight is 205 g/mol. The highest BCUT2D eigenvalue weighted by Gasteiger charge is 2.01. The predicted octanol–water partition coefficient (Wildman–Crippen LogP) is 4.09. The van der Waals surface area contributed by atoms with Crippen molar-refractivity contribution in [2.24, 2.45) is 0 Å². The minimum Gasteiger partial charge on any atom is -0.372 e. The van der Waals surface area contributed by atoms with Crippen molar-refractivity contribution in [3.8, 4) is 0 Å². The summed E-state index contributed by atoms with van der Waals surface area (Å²) in [5.41, 5.74) is 1.36. The molecule has 0 aliphatic heterocycles. The molecule has 0 saturated carbocycles. The van der Waals surface area contributed by atoms with Crippen molar-refractivity contribution in [2.75, 3.05) is 18.0 Å². The van der Waals surface area contributed by atoms with E-state index in [0.717, 1.165) is 6.54 Å². The van der Waals surface area contributed by atoms with E-state index in [9.17, 15) is 0 Å². The van der Waals surface area contributed by atoms with Crippen molar-refractivity contribution in [1.29, 1.82) is 0 Å². The van der Waals surface area contributed by atoms with E-state index < -0.39 is 0 Å². The lowest BCUT2D eigenvalue weighted by Gasteiger charge is -2.22. The maximum atomic E-state index is 2.45. The summed E-state index contributed by atoms with van der Waals surface area (Å²) < 4.78 is 0. The van der Waals surface area contributed by atoms with Crippen LogP contribution in [0.25, 0.3) is 0 Å². The van der Waals surface area contributed by atoms with Crippen LogP contribution in [-0.2, 0) is 0 Å². The Labute approximate surface area is 94.1 Å². The Balaban J connectivity index is 2.36. The summed E-state index contributed by atoms with van der Waals surface area (Å²) in [6.45, 7) is 6.79. The van der Waals surface area contributed by atoms with Crippen LogP contribution in [-0.4, -0.2) is 13.1 Å². The molecule has 0 heterocycles. The Morgan fingerprint density at radius 3 is 2.27 bits per heavy atom. The van der Waals surface area contributed by atoms with E-state index in [1.54, 1.807) is 0 Å². The van der Waals surface area contributed by atoms with Gasteiger partial charge in [0.05, 0.1) is 0 Å². The zero-order valence-electron chi connectivity index (χ0n) is 10.1. The summed E-state index contributed by atoms with van der Waals surface area (Å²) in [5, 5.41) is 0. The molecule has 1 aromatic rings. The van der Waals surface area contributed by atoms with Gasteiger partial charge in [-0.25, -0.2) is 0 Å². The fraction of sp³-hybridized carbons (Fsp3) is 0.571. The molecule has 0 unspecified atom stereocenters. The predicted molar refractivity (Wildman–Crippen MR) is 68.5 cm³/mol. The van der Waals surface area contributed by atoms with E-state index in [1.165, 1.54) is 37.9 Å². The number of para-hydroxylation sites is 1. The lowest BCUT2D eigenvalue weighted by molar-refractivity contribution is 0.649. The van der Waals surface area contributed by atoms with Crippen molar-refractivity contribution >= 4 is 5.69 Å². The van der Waals surface area contributed by atoms with Gasteiger partial charge in [-0.05, 0) is 25.5 Å². The highest BCUT2D eigenvalue weighted by Crippen LogP contribution is 2.13. The van der Waals surface area contributed by atoms with Gasteiger partial charge in [-0.1, -0.05) is 44.4 Å². The summed E-state index contributed by atoms with van der Waals surface area (Å²) >= 11 is 0. The Morgan fingerprint density at radius 1 is 0.933 bits per heavy atom. The van der Waals surface area contributed by atoms with Gasteiger partial charge in [-0.3, -0.25) is 0 Å². The van der Waals surface area contributed by atoms with Gasteiger partial charge >= 0.3 is 0 Å². The molecule has 0 amide bonds. The largest absolute Gasteiger partial charge is 0.372 e. The summed E-state index contributed by atoms with van der Waals surface area (Å²) in [6, 6.07) is 10.7. The average Bonchev–Trinajstić information content (AvgIpc) is 2.30.